The number of nitrogens with two attached hydrogens (primary N) is 2. The number of hydrogen-bond donors (Lipinski definition) is 8. The smallest absolute Gasteiger partial charge is 0.326 e. The number of aromatic amines is 1. The fraction of sp³-hybridized carbons (Fsp3) is 0.619. The van der Waals surface area contributed by atoms with Crippen LogP contribution in [0.1, 0.15) is 45.7 Å². The van der Waals surface area contributed by atoms with E-state index in [1.807, 2.05) is 0 Å². The van der Waals surface area contributed by atoms with Crippen molar-refractivity contribution in [3.05, 3.63) is 18.2 Å². The first kappa shape index (κ1) is 29.5. The standard InChI is InChI=1S/C21H35N7O7/c1-4-10(2)16(21(34)35)27-19(32)14(7-12-8-24-9-25-12)26-20(33)17(11(3)29)28-18(31)13(22)5-6-15(23)30/h8-11,13-14,16-17,29H,4-7,22H2,1-3H3,(H2,23,30)(H,24,25)(H,26,33)(H,27,32)(H,28,31)(H,34,35). The zero-order valence-corrected chi connectivity index (χ0v) is 20.0. The molecule has 14 heteroatoms. The van der Waals surface area contributed by atoms with E-state index in [1.165, 1.54) is 19.4 Å². The second kappa shape index (κ2) is 14.0. The number of hydrogen-bond acceptors (Lipinski definition) is 8. The lowest BCUT2D eigenvalue weighted by Gasteiger charge is -2.27. The third-order valence-electron chi connectivity index (χ3n) is 5.49. The minimum absolute atomic E-state index is 0.0631. The van der Waals surface area contributed by atoms with Gasteiger partial charge in [0.2, 0.25) is 23.6 Å². The van der Waals surface area contributed by atoms with Crippen molar-refractivity contribution in [1.29, 1.82) is 0 Å². The van der Waals surface area contributed by atoms with Crippen molar-refractivity contribution < 1.29 is 34.2 Å². The maximum absolute atomic E-state index is 13.0. The van der Waals surface area contributed by atoms with Crippen molar-refractivity contribution in [2.45, 2.75) is 76.7 Å². The molecule has 0 aliphatic heterocycles. The Morgan fingerprint density at radius 3 is 2.17 bits per heavy atom. The number of H-pyrrole nitrogens is 1. The minimum atomic E-state index is -1.48. The van der Waals surface area contributed by atoms with Crippen LogP contribution in [0.3, 0.4) is 0 Å². The van der Waals surface area contributed by atoms with E-state index in [0.717, 1.165) is 0 Å². The number of carbonyl (C=O) groups is 5. The molecule has 6 atom stereocenters. The highest BCUT2D eigenvalue weighted by molar-refractivity contribution is 5.94. The monoisotopic (exact) mass is 497 g/mol. The van der Waals surface area contributed by atoms with E-state index in [0.29, 0.717) is 12.1 Å². The van der Waals surface area contributed by atoms with E-state index in [4.69, 9.17) is 11.5 Å². The number of imidazole rings is 1. The molecular formula is C21H35N7O7. The predicted octanol–water partition coefficient (Wildman–Crippen LogP) is -2.49. The van der Waals surface area contributed by atoms with Crippen LogP contribution in [-0.4, -0.2) is 80.1 Å². The zero-order valence-electron chi connectivity index (χ0n) is 20.0. The van der Waals surface area contributed by atoms with Crippen molar-refractivity contribution >= 4 is 29.6 Å². The van der Waals surface area contributed by atoms with Gasteiger partial charge in [0.15, 0.2) is 0 Å². The summed E-state index contributed by atoms with van der Waals surface area (Å²) in [5, 5.41) is 26.8. The van der Waals surface area contributed by atoms with Crippen LogP contribution in [0.2, 0.25) is 0 Å². The molecule has 0 bridgehead atoms. The molecular weight excluding hydrogens is 462 g/mol. The third kappa shape index (κ3) is 9.70. The summed E-state index contributed by atoms with van der Waals surface area (Å²) >= 11 is 0. The highest BCUT2D eigenvalue weighted by atomic mass is 16.4. The molecule has 0 aliphatic carbocycles. The number of carboxylic acid groups (broad SMARTS) is 1. The summed E-state index contributed by atoms with van der Waals surface area (Å²) in [6.45, 7) is 4.70. The minimum Gasteiger partial charge on any atom is -0.480 e. The first-order valence-electron chi connectivity index (χ1n) is 11.2. The molecule has 4 amide bonds. The Kier molecular flexibility index (Phi) is 11.8. The lowest BCUT2D eigenvalue weighted by atomic mass is 9.98. The Bertz CT molecular complexity index is 875. The topological polar surface area (TPSA) is 243 Å². The summed E-state index contributed by atoms with van der Waals surface area (Å²) in [6.07, 6.45) is 1.65. The van der Waals surface area contributed by atoms with E-state index in [2.05, 4.69) is 25.9 Å². The molecule has 1 heterocycles. The number of amides is 4. The van der Waals surface area contributed by atoms with Gasteiger partial charge in [-0.1, -0.05) is 20.3 Å². The quantitative estimate of drug-likeness (QED) is 0.128. The lowest BCUT2D eigenvalue weighted by molar-refractivity contribution is -0.144. The summed E-state index contributed by atoms with van der Waals surface area (Å²) in [7, 11) is 0. The van der Waals surface area contributed by atoms with Crippen molar-refractivity contribution in [2.24, 2.45) is 17.4 Å². The van der Waals surface area contributed by atoms with E-state index in [-0.39, 0.29) is 25.2 Å². The van der Waals surface area contributed by atoms with Crippen molar-refractivity contribution in [3.63, 3.8) is 0 Å². The number of aliphatic hydroxyl groups is 1. The number of nitrogens with zero attached hydrogens (tertiary/aromatic N) is 1. The second-order valence-electron chi connectivity index (χ2n) is 8.39. The first-order chi connectivity index (χ1) is 16.4. The summed E-state index contributed by atoms with van der Waals surface area (Å²) in [5.41, 5.74) is 11.2. The van der Waals surface area contributed by atoms with Crippen LogP contribution in [-0.2, 0) is 30.4 Å². The highest BCUT2D eigenvalue weighted by Gasteiger charge is 2.33. The molecule has 0 spiro atoms. The number of nitrogens with one attached hydrogen (secondary N) is 4. The van der Waals surface area contributed by atoms with Gasteiger partial charge in [0.25, 0.3) is 0 Å². The summed E-state index contributed by atoms with van der Waals surface area (Å²) < 4.78 is 0. The second-order valence-corrected chi connectivity index (χ2v) is 8.39. The van der Waals surface area contributed by atoms with Crippen LogP contribution in [0.15, 0.2) is 12.5 Å². The van der Waals surface area contributed by atoms with Crippen LogP contribution in [0, 0.1) is 5.92 Å². The van der Waals surface area contributed by atoms with Gasteiger partial charge < -0.3 is 42.6 Å². The van der Waals surface area contributed by atoms with Gasteiger partial charge in [0.05, 0.1) is 18.5 Å². The van der Waals surface area contributed by atoms with Crippen molar-refractivity contribution in [3.8, 4) is 0 Å². The molecule has 0 saturated heterocycles. The Labute approximate surface area is 202 Å². The summed E-state index contributed by atoms with van der Waals surface area (Å²) in [6, 6.07) is -5.09. The van der Waals surface area contributed by atoms with Gasteiger partial charge in [-0.15, -0.1) is 0 Å². The average molecular weight is 498 g/mol. The van der Waals surface area contributed by atoms with Crippen LogP contribution in [0.5, 0.6) is 0 Å². The fourth-order valence-electron chi connectivity index (χ4n) is 3.12. The van der Waals surface area contributed by atoms with Gasteiger partial charge >= 0.3 is 5.97 Å². The first-order valence-corrected chi connectivity index (χ1v) is 11.2. The summed E-state index contributed by atoms with van der Waals surface area (Å²) in [4.78, 5) is 67.5. The SMILES string of the molecule is CCC(C)C(NC(=O)C(Cc1cnc[nH]1)NC(=O)C(NC(=O)C(N)CCC(N)=O)C(C)O)C(=O)O. The van der Waals surface area contributed by atoms with E-state index in [1.54, 1.807) is 13.8 Å². The van der Waals surface area contributed by atoms with Gasteiger partial charge in [-0.05, 0) is 19.3 Å². The highest BCUT2D eigenvalue weighted by Crippen LogP contribution is 2.09. The van der Waals surface area contributed by atoms with Gasteiger partial charge in [-0.25, -0.2) is 9.78 Å². The van der Waals surface area contributed by atoms with Crippen LogP contribution in [0.25, 0.3) is 0 Å². The van der Waals surface area contributed by atoms with E-state index in [9.17, 15) is 34.2 Å². The molecule has 6 unspecified atom stereocenters. The van der Waals surface area contributed by atoms with Crippen LogP contribution in [0.4, 0.5) is 0 Å². The lowest BCUT2D eigenvalue weighted by Crippen LogP contribution is -2.60. The number of carbonyl (C=O) groups excluding carboxylic acids is 4. The van der Waals surface area contributed by atoms with Gasteiger partial charge in [0.1, 0.15) is 18.1 Å². The molecule has 35 heavy (non-hydrogen) atoms. The number of aliphatic carboxylic acids is 1. The Hall–Kier alpha value is -3.52. The van der Waals surface area contributed by atoms with Crippen molar-refractivity contribution in [1.82, 2.24) is 25.9 Å². The third-order valence-corrected chi connectivity index (χ3v) is 5.49. The average Bonchev–Trinajstić information content (AvgIpc) is 3.30. The molecule has 1 aromatic rings. The molecule has 0 aliphatic rings. The summed E-state index contributed by atoms with van der Waals surface area (Å²) in [5.74, 6) is -4.72. The predicted molar refractivity (Wildman–Crippen MR) is 123 cm³/mol. The molecule has 14 nitrogen and oxygen atoms in total. The Morgan fingerprint density at radius 1 is 1.06 bits per heavy atom. The van der Waals surface area contributed by atoms with Crippen LogP contribution >= 0.6 is 0 Å². The van der Waals surface area contributed by atoms with Gasteiger partial charge in [0, 0.05) is 24.7 Å². The molecule has 0 fully saturated rings. The molecule has 1 rings (SSSR count). The maximum atomic E-state index is 13.0. The molecule has 0 saturated carbocycles. The molecule has 1 aromatic heterocycles. The number of rotatable bonds is 15. The molecule has 196 valence electrons. The zero-order chi connectivity index (χ0) is 26.7. The molecule has 0 aromatic carbocycles. The van der Waals surface area contributed by atoms with Gasteiger partial charge in [-0.2, -0.15) is 0 Å². The van der Waals surface area contributed by atoms with E-state index < -0.39 is 59.9 Å². The Balaban J connectivity index is 3.03. The number of aromatic nitrogens is 2. The Morgan fingerprint density at radius 2 is 1.69 bits per heavy atom. The maximum Gasteiger partial charge on any atom is 0.326 e. The normalized spacial score (nSPS) is 16.1. The largest absolute Gasteiger partial charge is 0.480 e. The van der Waals surface area contributed by atoms with Crippen molar-refractivity contribution in [2.75, 3.05) is 0 Å². The fourth-order valence-corrected chi connectivity index (χ4v) is 3.12. The molecule has 10 N–H and O–H groups in total. The number of primary amides is 1. The number of carboxylic acids is 1. The molecule has 0 radical (unpaired) electrons. The van der Waals surface area contributed by atoms with E-state index >= 15 is 0 Å². The van der Waals surface area contributed by atoms with Crippen LogP contribution < -0.4 is 27.4 Å². The van der Waals surface area contributed by atoms with Gasteiger partial charge in [-0.3, -0.25) is 19.2 Å². The number of aliphatic hydroxyl groups excluding tert-OH is 1.